The van der Waals surface area contributed by atoms with Crippen LogP contribution in [0.4, 0.5) is 0 Å². The van der Waals surface area contributed by atoms with Gasteiger partial charge in [0.15, 0.2) is 18.7 Å². The highest BCUT2D eigenvalue weighted by molar-refractivity contribution is 5.70. The molecule has 0 aliphatic carbocycles. The quantitative estimate of drug-likeness (QED) is 0.0223. The van der Waals surface area contributed by atoms with Crippen molar-refractivity contribution in [2.45, 2.75) is 306 Å². The van der Waals surface area contributed by atoms with Crippen LogP contribution in [0.25, 0.3) is 0 Å². The lowest BCUT2D eigenvalue weighted by Crippen LogP contribution is -2.61. The van der Waals surface area contributed by atoms with Crippen LogP contribution in [0.15, 0.2) is 0 Å². The summed E-state index contributed by atoms with van der Waals surface area (Å²) in [4.78, 5) is 25.8. The molecule has 0 radical (unpaired) electrons. The zero-order valence-corrected chi connectivity index (χ0v) is 43.3. The molecule has 0 aromatic carbocycles. The number of unbranched alkanes of at least 4 members (excludes halogenated alkanes) is 31. The third kappa shape index (κ3) is 29.7. The molecule has 15 heteroatoms. The van der Waals surface area contributed by atoms with Gasteiger partial charge in [-0.2, -0.15) is 0 Å². The molecule has 0 amide bonds. The third-order valence-electron chi connectivity index (χ3n) is 13.8. The molecule has 2 rings (SSSR count). The SMILES string of the molecule is CCCCCCCCCCCCCCCCCCCCCC(=O)O[C@H](COC(=O)CCCCCCCCCCCCCCCC)CO[C@H]1O[C@@H](CO[C@H]2O[C@@H](CO)[C@@H](O)C(O)C2O)[C@@H](O)C(O)C1O. The maximum absolute atomic E-state index is 13.0. The normalized spacial score (nSPS) is 25.5. The molecule has 0 spiro atoms. The van der Waals surface area contributed by atoms with E-state index >= 15 is 0 Å². The Balaban J connectivity index is 1.76. The Morgan fingerprint density at radius 2 is 0.739 bits per heavy atom. The van der Waals surface area contributed by atoms with Crippen LogP contribution in [0.5, 0.6) is 0 Å². The molecule has 0 aromatic rings. The van der Waals surface area contributed by atoms with Gasteiger partial charge in [0.1, 0.15) is 55.4 Å². The molecule has 7 N–H and O–H groups in total. The second kappa shape index (κ2) is 41.9. The Kier molecular flexibility index (Phi) is 38.6. The summed E-state index contributed by atoms with van der Waals surface area (Å²) in [6, 6.07) is 0. The molecule has 0 aromatic heterocycles. The van der Waals surface area contributed by atoms with Crippen LogP contribution in [0.2, 0.25) is 0 Å². The molecule has 2 saturated heterocycles. The highest BCUT2D eigenvalue weighted by Gasteiger charge is 2.47. The Hall–Kier alpha value is -1.50. The van der Waals surface area contributed by atoms with Crippen LogP contribution < -0.4 is 0 Å². The Morgan fingerprint density at radius 3 is 1.13 bits per heavy atom. The van der Waals surface area contributed by atoms with E-state index in [1.165, 1.54) is 161 Å². The van der Waals surface area contributed by atoms with Gasteiger partial charge < -0.3 is 64.2 Å². The van der Waals surface area contributed by atoms with Gasteiger partial charge in [0.25, 0.3) is 0 Å². The fraction of sp³-hybridized carbons (Fsp3) is 0.963. The van der Waals surface area contributed by atoms with Crippen molar-refractivity contribution < 1.29 is 73.8 Å². The molecule has 2 aliphatic heterocycles. The van der Waals surface area contributed by atoms with Crippen LogP contribution in [0.3, 0.4) is 0 Å². The minimum Gasteiger partial charge on any atom is -0.462 e. The second-order valence-electron chi connectivity index (χ2n) is 20.1. The highest BCUT2D eigenvalue weighted by Crippen LogP contribution is 2.27. The van der Waals surface area contributed by atoms with E-state index in [1.807, 2.05) is 0 Å². The molecule has 2 fully saturated rings. The van der Waals surface area contributed by atoms with Crippen molar-refractivity contribution in [3.63, 3.8) is 0 Å². The Bertz CT molecular complexity index is 1210. The first-order valence-electron chi connectivity index (χ1n) is 28.1. The average Bonchev–Trinajstić information content (AvgIpc) is 3.34. The average molecular weight is 991 g/mol. The summed E-state index contributed by atoms with van der Waals surface area (Å²) < 4.78 is 33.7. The van der Waals surface area contributed by atoms with Gasteiger partial charge >= 0.3 is 11.9 Å². The van der Waals surface area contributed by atoms with Crippen molar-refractivity contribution >= 4 is 11.9 Å². The number of aliphatic hydroxyl groups excluding tert-OH is 7. The summed E-state index contributed by atoms with van der Waals surface area (Å²) in [7, 11) is 0. The van der Waals surface area contributed by atoms with Gasteiger partial charge in [-0.05, 0) is 12.8 Å². The monoisotopic (exact) mass is 991 g/mol. The molecule has 15 nitrogen and oxygen atoms in total. The fourth-order valence-electron chi connectivity index (χ4n) is 9.22. The van der Waals surface area contributed by atoms with E-state index in [0.717, 1.165) is 38.5 Å². The van der Waals surface area contributed by atoms with E-state index in [-0.39, 0.29) is 26.1 Å². The van der Waals surface area contributed by atoms with Gasteiger partial charge in [0.05, 0.1) is 19.8 Å². The first-order chi connectivity index (χ1) is 33.5. The summed E-state index contributed by atoms with van der Waals surface area (Å²) in [6.07, 6.45) is 24.1. The predicted molar refractivity (Wildman–Crippen MR) is 266 cm³/mol. The summed E-state index contributed by atoms with van der Waals surface area (Å²) >= 11 is 0. The number of carbonyl (C=O) groups excluding carboxylic acids is 2. The topological polar surface area (TPSA) is 231 Å². The van der Waals surface area contributed by atoms with Gasteiger partial charge in [-0.3, -0.25) is 9.59 Å². The lowest BCUT2D eigenvalue weighted by atomic mass is 9.98. The number of aliphatic hydroxyl groups is 7. The highest BCUT2D eigenvalue weighted by atomic mass is 16.7. The van der Waals surface area contributed by atoms with Gasteiger partial charge in [0, 0.05) is 12.8 Å². The molecule has 2 heterocycles. The lowest BCUT2D eigenvalue weighted by molar-refractivity contribution is -0.332. The molecular formula is C54H102O15. The van der Waals surface area contributed by atoms with E-state index in [2.05, 4.69) is 13.8 Å². The molecular weight excluding hydrogens is 889 g/mol. The maximum Gasteiger partial charge on any atom is 0.306 e. The maximum atomic E-state index is 13.0. The largest absolute Gasteiger partial charge is 0.462 e. The van der Waals surface area contributed by atoms with Crippen molar-refractivity contribution in [3.05, 3.63) is 0 Å². The number of esters is 2. The Labute approximate surface area is 417 Å². The smallest absolute Gasteiger partial charge is 0.306 e. The molecule has 2 aliphatic rings. The van der Waals surface area contributed by atoms with E-state index in [4.69, 9.17) is 28.4 Å². The summed E-state index contributed by atoms with van der Waals surface area (Å²) in [5.41, 5.74) is 0. The van der Waals surface area contributed by atoms with E-state index in [9.17, 15) is 45.3 Å². The number of carbonyl (C=O) groups is 2. The van der Waals surface area contributed by atoms with Gasteiger partial charge in [-0.1, -0.05) is 213 Å². The van der Waals surface area contributed by atoms with Crippen molar-refractivity contribution in [2.75, 3.05) is 26.4 Å². The standard InChI is InChI=1S/C54H102O15/c1-3-5-7-9-11-13-15-17-19-20-21-22-23-25-27-29-31-33-35-37-46(57)67-42(39-64-45(56)36-34-32-30-28-26-24-18-16-14-12-10-8-6-4-2)40-65-53-52(63)50(61)48(59)44(69-53)41-66-54-51(62)49(60)47(58)43(38-55)68-54/h42-44,47-55,58-63H,3-41H2,1-2H3/t42-,43+,44+,47-,48-,49?,50?,51?,52?,53+,54+/m1/s1. The Morgan fingerprint density at radius 1 is 0.406 bits per heavy atom. The molecule has 11 atom stereocenters. The van der Waals surface area contributed by atoms with Crippen LogP contribution in [-0.2, 0) is 38.0 Å². The van der Waals surface area contributed by atoms with Crippen LogP contribution in [-0.4, -0.2) is 142 Å². The molecule has 0 bridgehead atoms. The van der Waals surface area contributed by atoms with E-state index in [0.29, 0.717) is 12.8 Å². The first kappa shape index (κ1) is 63.6. The van der Waals surface area contributed by atoms with Gasteiger partial charge in [-0.25, -0.2) is 0 Å². The number of rotatable bonds is 45. The minimum absolute atomic E-state index is 0.174. The van der Waals surface area contributed by atoms with E-state index in [1.54, 1.807) is 0 Å². The summed E-state index contributed by atoms with van der Waals surface area (Å²) in [6.45, 7) is 2.64. The lowest BCUT2D eigenvalue weighted by Gasteiger charge is -2.42. The van der Waals surface area contributed by atoms with Crippen LogP contribution >= 0.6 is 0 Å². The fourth-order valence-corrected chi connectivity index (χ4v) is 9.22. The van der Waals surface area contributed by atoms with Crippen molar-refractivity contribution in [1.82, 2.24) is 0 Å². The number of hydrogen-bond donors (Lipinski definition) is 7. The van der Waals surface area contributed by atoms with Crippen LogP contribution in [0, 0.1) is 0 Å². The molecule has 0 saturated carbocycles. The van der Waals surface area contributed by atoms with Gasteiger partial charge in [0.2, 0.25) is 0 Å². The second-order valence-corrected chi connectivity index (χ2v) is 20.1. The number of ether oxygens (including phenoxy) is 6. The summed E-state index contributed by atoms with van der Waals surface area (Å²) in [5.74, 6) is -0.906. The molecule has 4 unspecified atom stereocenters. The van der Waals surface area contributed by atoms with Crippen molar-refractivity contribution in [1.29, 1.82) is 0 Å². The summed E-state index contributed by atoms with van der Waals surface area (Å²) in [5, 5.41) is 72.2. The van der Waals surface area contributed by atoms with Gasteiger partial charge in [-0.15, -0.1) is 0 Å². The van der Waals surface area contributed by atoms with E-state index < -0.39 is 92.7 Å². The number of hydrogen-bond acceptors (Lipinski definition) is 15. The zero-order chi connectivity index (χ0) is 50.3. The molecule has 408 valence electrons. The zero-order valence-electron chi connectivity index (χ0n) is 43.3. The van der Waals surface area contributed by atoms with Crippen LogP contribution in [0.1, 0.15) is 239 Å². The van der Waals surface area contributed by atoms with Crippen molar-refractivity contribution in [3.8, 4) is 0 Å². The van der Waals surface area contributed by atoms with Crippen molar-refractivity contribution in [2.24, 2.45) is 0 Å². The predicted octanol–water partition coefficient (Wildman–Crippen LogP) is 8.78. The minimum atomic E-state index is -1.76. The first-order valence-corrected chi connectivity index (χ1v) is 28.1. The molecule has 69 heavy (non-hydrogen) atoms. The third-order valence-corrected chi connectivity index (χ3v) is 13.8.